The van der Waals surface area contributed by atoms with Gasteiger partial charge in [0.25, 0.3) is 17.7 Å². The molecular weight excluding hydrogens is 504 g/mol. The first-order valence-electron chi connectivity index (χ1n) is 10.9. The molecule has 0 radical (unpaired) electrons. The molecule has 4 rings (SSSR count). The lowest BCUT2D eigenvalue weighted by molar-refractivity contribution is -0.120. The number of amides is 3. The molecule has 2 N–H and O–H groups in total. The van der Waals surface area contributed by atoms with Gasteiger partial charge in [-0.15, -0.1) is 11.3 Å². The summed E-state index contributed by atoms with van der Waals surface area (Å²) in [6, 6.07) is 12.2. The summed E-state index contributed by atoms with van der Waals surface area (Å²) in [6.45, 7) is 4.02. The summed E-state index contributed by atoms with van der Waals surface area (Å²) in [5.74, 6) is -2.15. The number of carbonyl (C=O) groups excluding carboxylic acids is 4. The molecule has 0 bridgehead atoms. The van der Waals surface area contributed by atoms with Crippen molar-refractivity contribution in [1.82, 2.24) is 4.98 Å². The van der Waals surface area contributed by atoms with Crippen LogP contribution in [0.4, 0.5) is 16.5 Å². The standard InChI is InChI=1S/C25H21ClN4O5S/c1-3-12-35-24(34)16-6-10-18(11-7-16)30-22(32)19(26)20(23(30)33)28-17-8-4-15(5-9-17)21(31)29-25-27-14(2)13-36-25/h4-11,13,28H,3,12H2,1-2H3,(H,27,29,31). The van der Waals surface area contributed by atoms with E-state index in [1.807, 2.05) is 19.2 Å². The summed E-state index contributed by atoms with van der Waals surface area (Å²) < 4.78 is 5.09. The van der Waals surface area contributed by atoms with Gasteiger partial charge in [-0.05, 0) is 61.9 Å². The molecule has 0 aliphatic carbocycles. The zero-order valence-corrected chi connectivity index (χ0v) is 20.9. The number of esters is 1. The highest BCUT2D eigenvalue weighted by Gasteiger charge is 2.39. The molecule has 1 aromatic heterocycles. The number of carbonyl (C=O) groups is 4. The van der Waals surface area contributed by atoms with Gasteiger partial charge in [-0.2, -0.15) is 0 Å². The van der Waals surface area contributed by atoms with Crippen molar-refractivity contribution in [3.05, 3.63) is 81.5 Å². The number of hydrogen-bond acceptors (Lipinski definition) is 8. The molecule has 0 unspecified atom stereocenters. The summed E-state index contributed by atoms with van der Waals surface area (Å²) in [5.41, 5.74) is 2.14. The van der Waals surface area contributed by atoms with E-state index in [9.17, 15) is 19.2 Å². The quantitative estimate of drug-likeness (QED) is 0.324. The Labute approximate surface area is 215 Å². The van der Waals surface area contributed by atoms with E-state index in [2.05, 4.69) is 15.6 Å². The maximum absolute atomic E-state index is 13.0. The van der Waals surface area contributed by atoms with Crippen LogP contribution in [0.1, 0.15) is 39.8 Å². The van der Waals surface area contributed by atoms with Crippen LogP contribution in [-0.2, 0) is 14.3 Å². The lowest BCUT2D eigenvalue weighted by Crippen LogP contribution is -2.32. The fourth-order valence-corrected chi connectivity index (χ4v) is 4.20. The molecule has 1 aliphatic rings. The van der Waals surface area contributed by atoms with Gasteiger partial charge >= 0.3 is 5.97 Å². The lowest BCUT2D eigenvalue weighted by atomic mass is 10.2. The molecule has 36 heavy (non-hydrogen) atoms. The Morgan fingerprint density at radius 3 is 2.31 bits per heavy atom. The van der Waals surface area contributed by atoms with E-state index >= 15 is 0 Å². The number of nitrogens with one attached hydrogen (secondary N) is 2. The van der Waals surface area contributed by atoms with Crippen LogP contribution in [0.25, 0.3) is 0 Å². The van der Waals surface area contributed by atoms with E-state index < -0.39 is 17.8 Å². The third-order valence-corrected chi connectivity index (χ3v) is 6.31. The molecule has 184 valence electrons. The zero-order valence-electron chi connectivity index (χ0n) is 19.3. The SMILES string of the molecule is CCCOC(=O)c1ccc(N2C(=O)C(Cl)=C(Nc3ccc(C(=O)Nc4nc(C)cs4)cc3)C2=O)cc1. The van der Waals surface area contributed by atoms with E-state index in [4.69, 9.17) is 16.3 Å². The Balaban J connectivity index is 1.44. The Bertz CT molecular complexity index is 1370. The maximum atomic E-state index is 13.0. The third kappa shape index (κ3) is 5.29. The van der Waals surface area contributed by atoms with Gasteiger partial charge in [-0.25, -0.2) is 14.7 Å². The van der Waals surface area contributed by atoms with Crippen molar-refractivity contribution in [2.75, 3.05) is 22.1 Å². The molecule has 9 nitrogen and oxygen atoms in total. The Kier molecular flexibility index (Phi) is 7.47. The number of anilines is 3. The van der Waals surface area contributed by atoms with Gasteiger partial charge in [0.15, 0.2) is 5.13 Å². The van der Waals surface area contributed by atoms with Gasteiger partial charge in [-0.3, -0.25) is 19.7 Å². The Morgan fingerprint density at radius 1 is 1.03 bits per heavy atom. The van der Waals surface area contributed by atoms with Gasteiger partial charge in [0.05, 0.1) is 23.6 Å². The predicted molar refractivity (Wildman–Crippen MR) is 137 cm³/mol. The summed E-state index contributed by atoms with van der Waals surface area (Å²) in [7, 11) is 0. The third-order valence-electron chi connectivity index (χ3n) is 5.08. The average Bonchev–Trinajstić information content (AvgIpc) is 3.38. The van der Waals surface area contributed by atoms with Gasteiger partial charge in [0.2, 0.25) is 0 Å². The number of halogens is 1. The van der Waals surface area contributed by atoms with Crippen molar-refractivity contribution in [2.24, 2.45) is 0 Å². The number of thiazole rings is 1. The summed E-state index contributed by atoms with van der Waals surface area (Å²) in [6.07, 6.45) is 0.697. The Morgan fingerprint density at radius 2 is 1.69 bits per heavy atom. The van der Waals surface area contributed by atoms with Crippen LogP contribution >= 0.6 is 22.9 Å². The molecule has 2 aromatic carbocycles. The fourth-order valence-electron chi connectivity index (χ4n) is 3.30. The second-order valence-electron chi connectivity index (χ2n) is 7.77. The van der Waals surface area contributed by atoms with Gasteiger partial charge in [0, 0.05) is 16.6 Å². The normalized spacial score (nSPS) is 13.2. The highest BCUT2D eigenvalue weighted by molar-refractivity contribution is 7.13. The van der Waals surface area contributed by atoms with E-state index in [1.54, 1.807) is 24.3 Å². The van der Waals surface area contributed by atoms with Crippen LogP contribution in [0, 0.1) is 6.92 Å². The molecule has 0 fully saturated rings. The van der Waals surface area contributed by atoms with Crippen LogP contribution in [0.5, 0.6) is 0 Å². The molecule has 0 spiro atoms. The van der Waals surface area contributed by atoms with Crippen molar-refractivity contribution in [1.29, 1.82) is 0 Å². The maximum Gasteiger partial charge on any atom is 0.338 e. The van der Waals surface area contributed by atoms with Gasteiger partial charge < -0.3 is 10.1 Å². The average molecular weight is 525 g/mol. The van der Waals surface area contributed by atoms with Crippen LogP contribution in [0.2, 0.25) is 0 Å². The monoisotopic (exact) mass is 524 g/mol. The largest absolute Gasteiger partial charge is 0.462 e. The molecule has 11 heteroatoms. The number of hydrogen-bond donors (Lipinski definition) is 2. The van der Waals surface area contributed by atoms with E-state index in [1.165, 1.54) is 35.6 Å². The Hall–Kier alpha value is -4.02. The first kappa shape index (κ1) is 25.1. The number of nitrogens with zero attached hydrogens (tertiary/aromatic N) is 2. The van der Waals surface area contributed by atoms with E-state index in [0.717, 1.165) is 10.6 Å². The summed E-state index contributed by atoms with van der Waals surface area (Å²) >= 11 is 7.52. The summed E-state index contributed by atoms with van der Waals surface area (Å²) in [4.78, 5) is 55.3. The molecule has 2 heterocycles. The molecule has 3 amide bonds. The molecule has 0 saturated heterocycles. The number of ether oxygens (including phenoxy) is 1. The zero-order chi connectivity index (χ0) is 25.8. The fraction of sp³-hybridized carbons (Fsp3) is 0.160. The highest BCUT2D eigenvalue weighted by Crippen LogP contribution is 2.30. The summed E-state index contributed by atoms with van der Waals surface area (Å²) in [5, 5.41) is 7.64. The molecular formula is C25H21ClN4O5S. The van der Waals surface area contributed by atoms with Crippen molar-refractivity contribution >= 4 is 63.1 Å². The second kappa shape index (κ2) is 10.7. The minimum atomic E-state index is -0.694. The van der Waals surface area contributed by atoms with Crippen molar-refractivity contribution in [3.8, 4) is 0 Å². The van der Waals surface area contributed by atoms with E-state index in [0.29, 0.717) is 35.0 Å². The molecule has 3 aromatic rings. The predicted octanol–water partition coefficient (Wildman–Crippen LogP) is 4.71. The van der Waals surface area contributed by atoms with Gasteiger partial charge in [0.1, 0.15) is 10.7 Å². The number of imide groups is 1. The van der Waals surface area contributed by atoms with Crippen molar-refractivity contribution < 1.29 is 23.9 Å². The van der Waals surface area contributed by atoms with Crippen molar-refractivity contribution in [2.45, 2.75) is 20.3 Å². The topological polar surface area (TPSA) is 118 Å². The van der Waals surface area contributed by atoms with E-state index in [-0.39, 0.29) is 22.3 Å². The first-order chi connectivity index (χ1) is 17.3. The number of aromatic nitrogens is 1. The van der Waals surface area contributed by atoms with Crippen LogP contribution < -0.4 is 15.5 Å². The lowest BCUT2D eigenvalue weighted by Gasteiger charge is -2.15. The first-order valence-corrected chi connectivity index (χ1v) is 12.2. The number of rotatable bonds is 8. The van der Waals surface area contributed by atoms with Crippen LogP contribution in [0.3, 0.4) is 0 Å². The van der Waals surface area contributed by atoms with Gasteiger partial charge in [-0.1, -0.05) is 18.5 Å². The smallest absolute Gasteiger partial charge is 0.338 e. The minimum Gasteiger partial charge on any atom is -0.462 e. The highest BCUT2D eigenvalue weighted by atomic mass is 35.5. The molecule has 0 atom stereocenters. The number of benzene rings is 2. The second-order valence-corrected chi connectivity index (χ2v) is 9.00. The van der Waals surface area contributed by atoms with Crippen LogP contribution in [0.15, 0.2) is 64.6 Å². The minimum absolute atomic E-state index is 0.0939. The molecule has 1 aliphatic heterocycles. The van der Waals surface area contributed by atoms with Crippen LogP contribution in [-0.4, -0.2) is 35.3 Å². The van der Waals surface area contributed by atoms with Crippen molar-refractivity contribution in [3.63, 3.8) is 0 Å². The molecule has 0 saturated carbocycles. The number of aryl methyl sites for hydroxylation is 1.